The molecule has 0 atom stereocenters. The molecule has 0 aliphatic rings. The molecule has 0 radical (unpaired) electrons. The number of aromatic nitrogens is 2. The van der Waals surface area contributed by atoms with Crippen molar-refractivity contribution in [2.75, 3.05) is 7.11 Å². The monoisotopic (exact) mass is 373 g/mol. The lowest BCUT2D eigenvalue weighted by Crippen LogP contribution is -2.25. The van der Waals surface area contributed by atoms with Crippen molar-refractivity contribution in [3.63, 3.8) is 0 Å². The number of carbonyl (C=O) groups is 1. The highest BCUT2D eigenvalue weighted by Crippen LogP contribution is 2.23. The minimum absolute atomic E-state index is 0.218. The van der Waals surface area contributed by atoms with Gasteiger partial charge in [0.15, 0.2) is 5.76 Å². The second-order valence-corrected chi connectivity index (χ2v) is 6.17. The van der Waals surface area contributed by atoms with Crippen LogP contribution in [0, 0.1) is 0 Å². The Hall–Kier alpha value is -3.80. The number of carbonyl (C=O) groups excluding carboxylic acids is 1. The first-order valence-corrected chi connectivity index (χ1v) is 8.85. The van der Waals surface area contributed by atoms with Crippen molar-refractivity contribution in [2.24, 2.45) is 0 Å². The van der Waals surface area contributed by atoms with Gasteiger partial charge in [-0.3, -0.25) is 4.79 Å². The number of ether oxygens (including phenoxy) is 1. The molecule has 1 amide bonds. The highest BCUT2D eigenvalue weighted by Gasteiger charge is 2.18. The van der Waals surface area contributed by atoms with Gasteiger partial charge >= 0.3 is 0 Å². The van der Waals surface area contributed by atoms with E-state index in [4.69, 9.17) is 9.15 Å². The van der Waals surface area contributed by atoms with Crippen LogP contribution in [0.1, 0.15) is 16.1 Å². The first kappa shape index (κ1) is 17.6. The molecule has 2 heterocycles. The molecule has 0 saturated heterocycles. The number of hydrogen-bond acceptors (Lipinski definition) is 4. The van der Waals surface area contributed by atoms with Crippen molar-refractivity contribution in [1.29, 1.82) is 0 Å². The second-order valence-electron chi connectivity index (χ2n) is 6.17. The second kappa shape index (κ2) is 7.84. The van der Waals surface area contributed by atoms with Crippen molar-refractivity contribution in [3.05, 3.63) is 90.3 Å². The summed E-state index contributed by atoms with van der Waals surface area (Å²) in [6.07, 6.45) is 1.58. The van der Waals surface area contributed by atoms with Crippen LogP contribution in [0.4, 0.5) is 0 Å². The summed E-state index contributed by atoms with van der Waals surface area (Å²) in [6.45, 7) is 0.434. The number of methoxy groups -OCH3 is 1. The fourth-order valence-electron chi connectivity index (χ4n) is 2.88. The molecule has 0 saturated carbocycles. The lowest BCUT2D eigenvalue weighted by molar-refractivity contribution is 0.0943. The summed E-state index contributed by atoms with van der Waals surface area (Å²) in [6, 6.07) is 22.5. The Kier molecular flexibility index (Phi) is 4.93. The van der Waals surface area contributed by atoms with Crippen LogP contribution >= 0.6 is 0 Å². The van der Waals surface area contributed by atoms with Crippen LogP contribution in [0.25, 0.3) is 17.1 Å². The number of rotatable bonds is 6. The van der Waals surface area contributed by atoms with Gasteiger partial charge in [0.05, 0.1) is 19.1 Å². The molecule has 6 heteroatoms. The van der Waals surface area contributed by atoms with Crippen LogP contribution < -0.4 is 10.1 Å². The number of amides is 1. The van der Waals surface area contributed by atoms with Crippen molar-refractivity contribution < 1.29 is 13.9 Å². The molecule has 2 aromatic heterocycles. The average molecular weight is 373 g/mol. The third-order valence-corrected chi connectivity index (χ3v) is 4.33. The van der Waals surface area contributed by atoms with Crippen LogP contribution in [-0.2, 0) is 6.54 Å². The molecule has 140 valence electrons. The molecule has 0 unspecified atom stereocenters. The number of furan rings is 1. The van der Waals surface area contributed by atoms with E-state index in [1.165, 1.54) is 0 Å². The van der Waals surface area contributed by atoms with Gasteiger partial charge in [-0.2, -0.15) is 5.10 Å². The Morgan fingerprint density at radius 1 is 1.07 bits per heavy atom. The van der Waals surface area contributed by atoms with E-state index in [1.807, 2.05) is 60.7 Å². The van der Waals surface area contributed by atoms with E-state index < -0.39 is 0 Å². The third kappa shape index (κ3) is 3.66. The minimum atomic E-state index is -0.218. The number of nitrogens with one attached hydrogen (secondary N) is 1. The van der Waals surface area contributed by atoms with E-state index >= 15 is 0 Å². The molecule has 0 fully saturated rings. The van der Waals surface area contributed by atoms with Gasteiger partial charge in [0.25, 0.3) is 5.91 Å². The molecular formula is C22H19N3O3. The first-order valence-electron chi connectivity index (χ1n) is 8.85. The van der Waals surface area contributed by atoms with E-state index in [1.54, 1.807) is 30.2 Å². The molecule has 4 aromatic rings. The first-order chi connectivity index (χ1) is 13.7. The third-order valence-electron chi connectivity index (χ3n) is 4.33. The summed E-state index contributed by atoms with van der Waals surface area (Å²) in [4.78, 5) is 12.9. The van der Waals surface area contributed by atoms with Gasteiger partial charge in [0, 0.05) is 12.6 Å². The maximum atomic E-state index is 12.9. The maximum absolute atomic E-state index is 12.9. The standard InChI is InChI=1S/C22H19N3O3/c1-27-18-11-9-17(10-12-18)25-20(14-19(24-25)21-8-5-13-28-21)22(26)23-15-16-6-3-2-4-7-16/h2-14H,15H2,1H3,(H,23,26). The lowest BCUT2D eigenvalue weighted by atomic mass is 10.2. The fourth-order valence-corrected chi connectivity index (χ4v) is 2.88. The fraction of sp³-hybridized carbons (Fsp3) is 0.0909. The highest BCUT2D eigenvalue weighted by molar-refractivity contribution is 5.94. The van der Waals surface area contributed by atoms with E-state index in [-0.39, 0.29) is 5.91 Å². The van der Waals surface area contributed by atoms with Crippen molar-refractivity contribution in [3.8, 4) is 22.9 Å². The zero-order valence-corrected chi connectivity index (χ0v) is 15.3. The van der Waals surface area contributed by atoms with Gasteiger partial charge in [0.1, 0.15) is 17.1 Å². The predicted octanol–water partition coefficient (Wildman–Crippen LogP) is 4.07. The van der Waals surface area contributed by atoms with Crippen molar-refractivity contribution >= 4 is 5.91 Å². The Bertz CT molecular complexity index is 1050. The summed E-state index contributed by atoms with van der Waals surface area (Å²) in [5, 5.41) is 7.53. The lowest BCUT2D eigenvalue weighted by Gasteiger charge is -2.09. The molecule has 4 rings (SSSR count). The highest BCUT2D eigenvalue weighted by atomic mass is 16.5. The normalized spacial score (nSPS) is 10.6. The average Bonchev–Trinajstić information content (AvgIpc) is 3.43. The van der Waals surface area contributed by atoms with Crippen molar-refractivity contribution in [2.45, 2.75) is 6.54 Å². The van der Waals surface area contributed by atoms with Crippen LogP contribution in [0.2, 0.25) is 0 Å². The SMILES string of the molecule is COc1ccc(-n2nc(-c3ccco3)cc2C(=O)NCc2ccccc2)cc1. The van der Waals surface area contributed by atoms with Crippen LogP contribution in [-0.4, -0.2) is 22.8 Å². The smallest absolute Gasteiger partial charge is 0.270 e. The van der Waals surface area contributed by atoms with Gasteiger partial charge in [-0.05, 0) is 42.0 Å². The van der Waals surface area contributed by atoms with Gasteiger partial charge in [0.2, 0.25) is 0 Å². The zero-order chi connectivity index (χ0) is 19.3. The summed E-state index contributed by atoms with van der Waals surface area (Å²) in [5.74, 6) is 1.12. The van der Waals surface area contributed by atoms with Gasteiger partial charge in [-0.15, -0.1) is 0 Å². The van der Waals surface area contributed by atoms with Crippen LogP contribution in [0.15, 0.2) is 83.5 Å². The summed E-state index contributed by atoms with van der Waals surface area (Å²) < 4.78 is 12.3. The minimum Gasteiger partial charge on any atom is -0.497 e. The molecular weight excluding hydrogens is 354 g/mol. The van der Waals surface area contributed by atoms with E-state index in [2.05, 4.69) is 10.4 Å². The summed E-state index contributed by atoms with van der Waals surface area (Å²) in [7, 11) is 1.61. The zero-order valence-electron chi connectivity index (χ0n) is 15.3. The number of nitrogens with zero attached hydrogens (tertiary/aromatic N) is 2. The van der Waals surface area contributed by atoms with Crippen molar-refractivity contribution in [1.82, 2.24) is 15.1 Å². The number of benzene rings is 2. The summed E-state index contributed by atoms with van der Waals surface area (Å²) >= 11 is 0. The largest absolute Gasteiger partial charge is 0.497 e. The molecule has 6 nitrogen and oxygen atoms in total. The maximum Gasteiger partial charge on any atom is 0.270 e. The molecule has 0 spiro atoms. The van der Waals surface area contributed by atoms with Gasteiger partial charge in [-0.1, -0.05) is 30.3 Å². The van der Waals surface area contributed by atoms with Gasteiger partial charge in [-0.25, -0.2) is 4.68 Å². The Morgan fingerprint density at radius 3 is 2.54 bits per heavy atom. The Labute approximate surface area is 162 Å². The number of hydrogen-bond donors (Lipinski definition) is 1. The molecule has 0 aliphatic heterocycles. The molecule has 28 heavy (non-hydrogen) atoms. The topological polar surface area (TPSA) is 69.3 Å². The molecule has 2 aromatic carbocycles. The van der Waals surface area contributed by atoms with Gasteiger partial charge < -0.3 is 14.5 Å². The van der Waals surface area contributed by atoms with E-state index in [9.17, 15) is 4.79 Å². The van der Waals surface area contributed by atoms with E-state index in [0.29, 0.717) is 23.7 Å². The van der Waals surface area contributed by atoms with E-state index in [0.717, 1.165) is 17.0 Å². The quantitative estimate of drug-likeness (QED) is 0.553. The molecule has 0 aliphatic carbocycles. The molecule has 1 N–H and O–H groups in total. The molecule has 0 bridgehead atoms. The Morgan fingerprint density at radius 2 is 1.86 bits per heavy atom. The Balaban J connectivity index is 1.66. The predicted molar refractivity (Wildman–Crippen MR) is 105 cm³/mol. The van der Waals surface area contributed by atoms with Crippen LogP contribution in [0.5, 0.6) is 5.75 Å². The van der Waals surface area contributed by atoms with Crippen LogP contribution in [0.3, 0.4) is 0 Å². The summed E-state index contributed by atoms with van der Waals surface area (Å²) in [5.41, 5.74) is 2.79.